The zero-order valence-electron chi connectivity index (χ0n) is 26.5. The third-order valence-corrected chi connectivity index (χ3v) is 7.29. The first kappa shape index (κ1) is 36.3. The Morgan fingerprint density at radius 2 is 1.80 bits per heavy atom. The maximum atomic E-state index is 13.0. The van der Waals surface area contributed by atoms with Crippen LogP contribution in [0.4, 0.5) is 0 Å². The van der Waals surface area contributed by atoms with Crippen molar-refractivity contribution >= 4 is 29.4 Å². The fourth-order valence-corrected chi connectivity index (χ4v) is 4.71. The van der Waals surface area contributed by atoms with Gasteiger partial charge in [-0.2, -0.15) is 0 Å². The molecule has 1 aliphatic carbocycles. The van der Waals surface area contributed by atoms with Gasteiger partial charge in [0.15, 0.2) is 5.78 Å². The van der Waals surface area contributed by atoms with Crippen molar-refractivity contribution in [3.63, 3.8) is 0 Å². The number of carbonyl (C=O) groups excluding carboxylic acids is 5. The second-order valence-corrected chi connectivity index (χ2v) is 11.6. The largest absolute Gasteiger partial charge is 0.460 e. The minimum Gasteiger partial charge on any atom is -0.460 e. The zero-order chi connectivity index (χ0) is 32.8. The van der Waals surface area contributed by atoms with E-state index >= 15 is 0 Å². The normalized spacial score (nSPS) is 28.2. The number of methoxy groups -OCH3 is 1. The Bertz CT molecular complexity index is 1250. The third-order valence-electron chi connectivity index (χ3n) is 7.29. The molecule has 1 aliphatic heterocycles. The Morgan fingerprint density at radius 1 is 1.09 bits per heavy atom. The summed E-state index contributed by atoms with van der Waals surface area (Å²) in [5.41, 5.74) is 0.784. The van der Waals surface area contributed by atoms with Gasteiger partial charge in [0.1, 0.15) is 12.1 Å². The molecule has 0 aromatic heterocycles. The summed E-state index contributed by atoms with van der Waals surface area (Å²) in [6, 6.07) is -0.862. The topological polar surface area (TPSA) is 148 Å². The number of ketones is 2. The fraction of sp³-hybridized carbons (Fsp3) is 0.500. The summed E-state index contributed by atoms with van der Waals surface area (Å²) in [4.78, 5) is 63.0. The van der Waals surface area contributed by atoms with Crippen molar-refractivity contribution in [1.29, 1.82) is 0 Å². The number of hydrogen-bond acceptors (Lipinski definition) is 8. The smallest absolute Gasteiger partial charge is 0.328 e. The summed E-state index contributed by atoms with van der Waals surface area (Å²) < 4.78 is 11.2. The molecule has 0 aromatic rings. The Kier molecular flexibility index (Phi) is 14.9. The monoisotopic (exact) mass is 610 g/mol. The lowest BCUT2D eigenvalue weighted by Crippen LogP contribution is -2.43. The Morgan fingerprint density at radius 3 is 2.48 bits per heavy atom. The molecule has 0 saturated carbocycles. The van der Waals surface area contributed by atoms with Crippen molar-refractivity contribution in [3.05, 3.63) is 71.5 Å². The van der Waals surface area contributed by atoms with Crippen LogP contribution in [0.1, 0.15) is 66.7 Å². The van der Waals surface area contributed by atoms with Gasteiger partial charge in [0.2, 0.25) is 17.6 Å². The van der Waals surface area contributed by atoms with Gasteiger partial charge in [-0.25, -0.2) is 4.79 Å². The lowest BCUT2D eigenvalue weighted by Gasteiger charge is -2.29. The van der Waals surface area contributed by atoms with Crippen LogP contribution in [0.15, 0.2) is 71.5 Å². The molecule has 0 radical (unpaired) electrons. The van der Waals surface area contributed by atoms with Crippen LogP contribution in [0.5, 0.6) is 0 Å². The molecule has 10 heteroatoms. The van der Waals surface area contributed by atoms with E-state index in [-0.39, 0.29) is 42.4 Å². The summed E-state index contributed by atoms with van der Waals surface area (Å²) >= 11 is 0. The number of aliphatic hydroxyl groups is 1. The number of rotatable bonds is 6. The minimum atomic E-state index is -0.974. The first-order valence-electron chi connectivity index (χ1n) is 15.0. The number of aliphatic hydroxyl groups excluding tert-OH is 1. The summed E-state index contributed by atoms with van der Waals surface area (Å²) in [7, 11) is 1.46. The number of allylic oxidation sites excluding steroid dienone is 8. The lowest BCUT2D eigenvalue weighted by molar-refractivity contribution is -0.156. The minimum absolute atomic E-state index is 0.0599. The van der Waals surface area contributed by atoms with Crippen LogP contribution in [0.25, 0.3) is 0 Å². The number of carbonyl (C=O) groups is 5. The van der Waals surface area contributed by atoms with Gasteiger partial charge in [0.05, 0.1) is 24.3 Å². The summed E-state index contributed by atoms with van der Waals surface area (Å²) in [6.07, 6.45) is 13.5. The van der Waals surface area contributed by atoms with E-state index in [2.05, 4.69) is 10.6 Å². The standard InChI is InChI=1S/C34H46N2O8/c1-21(2)17-30(38)35-24(5)34(42)44-29-16-11-9-7-8-10-15-27(43-6)20-31(39)36-28-19-26(37)18-25(33(28)41)14-12-13-22(3)32(40)23(29)4/h7-11,13,15,18-19,21,23-24,27,29,32,40H,12,14,16-17,20H2,1-6H3,(H,35,38)(H,36,39)/b8-7-,11-9-,15-10-,22-13-/t23-,24-,27-,29+,32-/m1/s1. The maximum Gasteiger partial charge on any atom is 0.328 e. The summed E-state index contributed by atoms with van der Waals surface area (Å²) in [6.45, 7) is 8.91. The Balaban J connectivity index is 2.31. The van der Waals surface area contributed by atoms with Gasteiger partial charge in [0, 0.05) is 37.5 Å². The van der Waals surface area contributed by atoms with Crippen molar-refractivity contribution in [1.82, 2.24) is 10.6 Å². The molecule has 0 spiro atoms. The van der Waals surface area contributed by atoms with Crippen molar-refractivity contribution in [2.45, 2.75) is 91.1 Å². The molecule has 0 saturated heterocycles. The highest BCUT2D eigenvalue weighted by Gasteiger charge is 2.30. The lowest BCUT2D eigenvalue weighted by atomic mass is 9.90. The number of Topliss-reactive ketones (excluding diaryl/α,β-unsaturated/α-hetero) is 1. The molecule has 2 aliphatic rings. The molecule has 3 N–H and O–H groups in total. The van der Waals surface area contributed by atoms with Gasteiger partial charge >= 0.3 is 5.97 Å². The number of amides is 2. The van der Waals surface area contributed by atoms with Crippen LogP contribution in [-0.2, 0) is 33.4 Å². The van der Waals surface area contributed by atoms with Crippen LogP contribution in [0.3, 0.4) is 0 Å². The van der Waals surface area contributed by atoms with E-state index in [1.165, 1.54) is 13.2 Å². The van der Waals surface area contributed by atoms with E-state index in [0.29, 0.717) is 18.4 Å². The SMILES string of the molecule is CO[C@@H]1\C=C/C=C\C=C/C[C@H](OC(=O)[C@@H](C)NC(=O)CC(C)C)[C@@H](C)[C@H](O)/C(C)=C\CCC2=CC(=O)C=C(NC(=O)C1)C2=O. The molecule has 0 fully saturated rings. The highest BCUT2D eigenvalue weighted by Crippen LogP contribution is 2.24. The molecule has 2 rings (SSSR count). The molecule has 240 valence electrons. The first-order valence-corrected chi connectivity index (χ1v) is 15.0. The van der Waals surface area contributed by atoms with Crippen molar-refractivity contribution in [2.75, 3.05) is 7.11 Å². The van der Waals surface area contributed by atoms with Crippen LogP contribution in [0.2, 0.25) is 0 Å². The molecular weight excluding hydrogens is 564 g/mol. The van der Waals surface area contributed by atoms with E-state index < -0.39 is 53.7 Å². The summed E-state index contributed by atoms with van der Waals surface area (Å²) in [5, 5.41) is 16.4. The molecular formula is C34H46N2O8. The number of fused-ring (bicyclic) bond motifs is 2. The summed E-state index contributed by atoms with van der Waals surface area (Å²) in [5.74, 6) is -2.52. The predicted octanol–water partition coefficient (Wildman–Crippen LogP) is 3.73. The molecule has 5 atom stereocenters. The van der Waals surface area contributed by atoms with Crippen molar-refractivity contribution in [2.24, 2.45) is 11.8 Å². The quantitative estimate of drug-likeness (QED) is 0.234. The van der Waals surface area contributed by atoms with Gasteiger partial charge in [-0.1, -0.05) is 63.3 Å². The highest BCUT2D eigenvalue weighted by molar-refractivity contribution is 6.21. The number of nitrogens with one attached hydrogen (secondary N) is 2. The fourth-order valence-electron chi connectivity index (χ4n) is 4.71. The van der Waals surface area contributed by atoms with Crippen LogP contribution in [0, 0.1) is 11.8 Å². The number of ether oxygens (including phenoxy) is 2. The second kappa shape index (κ2) is 18.0. The average molecular weight is 611 g/mol. The molecule has 0 aromatic carbocycles. The second-order valence-electron chi connectivity index (χ2n) is 11.6. The van der Waals surface area contributed by atoms with Gasteiger partial charge in [-0.05, 0) is 44.3 Å². The number of esters is 1. The molecule has 10 nitrogen and oxygen atoms in total. The van der Waals surface area contributed by atoms with Crippen LogP contribution >= 0.6 is 0 Å². The Hall–Kier alpha value is -3.89. The van der Waals surface area contributed by atoms with E-state index in [1.54, 1.807) is 57.2 Å². The third kappa shape index (κ3) is 12.0. The first-order chi connectivity index (χ1) is 20.8. The number of hydrogen-bond donors (Lipinski definition) is 3. The van der Waals surface area contributed by atoms with Gasteiger partial charge in [0.25, 0.3) is 0 Å². The molecule has 1 heterocycles. The van der Waals surface area contributed by atoms with Gasteiger partial charge in [-0.3, -0.25) is 19.2 Å². The van der Waals surface area contributed by atoms with Gasteiger partial charge < -0.3 is 25.2 Å². The molecule has 2 amide bonds. The van der Waals surface area contributed by atoms with E-state index in [0.717, 1.165) is 6.08 Å². The van der Waals surface area contributed by atoms with Crippen molar-refractivity contribution < 1.29 is 38.6 Å². The zero-order valence-corrected chi connectivity index (χ0v) is 26.5. The highest BCUT2D eigenvalue weighted by atomic mass is 16.5. The van der Waals surface area contributed by atoms with E-state index in [4.69, 9.17) is 9.47 Å². The maximum absolute atomic E-state index is 13.0. The van der Waals surface area contributed by atoms with Gasteiger partial charge in [-0.15, -0.1) is 0 Å². The molecule has 44 heavy (non-hydrogen) atoms. The van der Waals surface area contributed by atoms with Crippen LogP contribution < -0.4 is 10.6 Å². The predicted molar refractivity (Wildman–Crippen MR) is 167 cm³/mol. The molecule has 2 bridgehead atoms. The van der Waals surface area contributed by atoms with Crippen molar-refractivity contribution in [3.8, 4) is 0 Å². The average Bonchev–Trinajstić information content (AvgIpc) is 2.95. The molecule has 0 unspecified atom stereocenters. The van der Waals surface area contributed by atoms with Crippen LogP contribution in [-0.4, -0.2) is 65.9 Å². The Labute approximate surface area is 260 Å². The van der Waals surface area contributed by atoms with E-state index in [9.17, 15) is 29.1 Å². The van der Waals surface area contributed by atoms with E-state index in [1.807, 2.05) is 19.9 Å².